The van der Waals surface area contributed by atoms with Crippen LogP contribution in [0.2, 0.25) is 0 Å². The van der Waals surface area contributed by atoms with Crippen LogP contribution in [0.1, 0.15) is 18.9 Å². The number of hydrogen-bond donors (Lipinski definition) is 0. The number of amides is 2. The first-order chi connectivity index (χ1) is 12.6. The number of para-hydroxylation sites is 2. The number of hydrogen-bond acceptors (Lipinski definition) is 3. The molecule has 0 bridgehead atoms. The Balaban J connectivity index is 1.71. The first-order valence-corrected chi connectivity index (χ1v) is 8.90. The van der Waals surface area contributed by atoms with Gasteiger partial charge >= 0.3 is 0 Å². The highest BCUT2D eigenvalue weighted by Crippen LogP contribution is 2.27. The Kier molecular flexibility index (Phi) is 5.56. The second-order valence-corrected chi connectivity index (χ2v) is 6.41. The summed E-state index contributed by atoms with van der Waals surface area (Å²) in [5.74, 6) is 0.472. The van der Waals surface area contributed by atoms with E-state index in [4.69, 9.17) is 4.74 Å². The van der Waals surface area contributed by atoms with Crippen molar-refractivity contribution in [1.29, 1.82) is 0 Å². The fraction of sp³-hybridized carbons (Fsp3) is 0.333. The van der Waals surface area contributed by atoms with Crippen LogP contribution in [0.5, 0.6) is 5.75 Å². The van der Waals surface area contributed by atoms with Crippen molar-refractivity contribution in [2.24, 2.45) is 5.92 Å². The van der Waals surface area contributed by atoms with E-state index in [1.807, 2.05) is 61.5 Å². The van der Waals surface area contributed by atoms with Crippen molar-refractivity contribution in [2.45, 2.75) is 19.9 Å². The van der Waals surface area contributed by atoms with E-state index in [1.54, 1.807) is 16.9 Å². The monoisotopic (exact) mass is 352 g/mol. The molecule has 0 radical (unpaired) electrons. The van der Waals surface area contributed by atoms with Crippen LogP contribution < -0.4 is 9.64 Å². The molecule has 0 saturated carbocycles. The number of anilines is 1. The SMILES string of the molecule is CCN(C(=O)C1CC(=O)N(Cc2ccccc2OC)C1)c1ccccc1. The van der Waals surface area contributed by atoms with E-state index in [-0.39, 0.29) is 24.2 Å². The molecule has 136 valence electrons. The molecule has 3 rings (SSSR count). The maximum atomic E-state index is 13.0. The van der Waals surface area contributed by atoms with Gasteiger partial charge in [0.15, 0.2) is 0 Å². The van der Waals surface area contributed by atoms with Gasteiger partial charge in [-0.2, -0.15) is 0 Å². The van der Waals surface area contributed by atoms with Crippen LogP contribution in [-0.2, 0) is 16.1 Å². The van der Waals surface area contributed by atoms with Crippen LogP contribution in [0.4, 0.5) is 5.69 Å². The van der Waals surface area contributed by atoms with E-state index < -0.39 is 0 Å². The summed E-state index contributed by atoms with van der Waals surface area (Å²) in [6.07, 6.45) is 0.261. The van der Waals surface area contributed by atoms with E-state index in [1.165, 1.54) is 0 Å². The average Bonchev–Trinajstić information content (AvgIpc) is 3.04. The highest BCUT2D eigenvalue weighted by Gasteiger charge is 2.36. The maximum Gasteiger partial charge on any atom is 0.232 e. The van der Waals surface area contributed by atoms with Crippen LogP contribution in [0.15, 0.2) is 54.6 Å². The van der Waals surface area contributed by atoms with Gasteiger partial charge in [0.05, 0.1) is 13.0 Å². The van der Waals surface area contributed by atoms with Crippen molar-refractivity contribution in [1.82, 2.24) is 4.90 Å². The molecule has 5 nitrogen and oxygen atoms in total. The number of ether oxygens (including phenoxy) is 1. The molecule has 2 amide bonds. The van der Waals surface area contributed by atoms with Gasteiger partial charge < -0.3 is 14.5 Å². The minimum Gasteiger partial charge on any atom is -0.496 e. The van der Waals surface area contributed by atoms with Gasteiger partial charge in [-0.15, -0.1) is 0 Å². The molecule has 1 fully saturated rings. The predicted molar refractivity (Wildman–Crippen MR) is 101 cm³/mol. The van der Waals surface area contributed by atoms with Gasteiger partial charge in [0, 0.05) is 37.3 Å². The maximum absolute atomic E-state index is 13.0. The summed E-state index contributed by atoms with van der Waals surface area (Å²) in [5, 5.41) is 0. The normalized spacial score (nSPS) is 16.6. The molecule has 5 heteroatoms. The minimum absolute atomic E-state index is 0.00887. The summed E-state index contributed by atoms with van der Waals surface area (Å²) in [5.41, 5.74) is 1.82. The lowest BCUT2D eigenvalue weighted by molar-refractivity contribution is -0.128. The third-order valence-corrected chi connectivity index (χ3v) is 4.77. The third-order valence-electron chi connectivity index (χ3n) is 4.77. The van der Waals surface area contributed by atoms with Crippen LogP contribution >= 0.6 is 0 Å². The summed E-state index contributed by atoms with van der Waals surface area (Å²) in [6, 6.07) is 17.3. The Morgan fingerprint density at radius 1 is 1.15 bits per heavy atom. The molecule has 0 aromatic heterocycles. The smallest absolute Gasteiger partial charge is 0.232 e. The molecular formula is C21H24N2O3. The lowest BCUT2D eigenvalue weighted by atomic mass is 10.1. The van der Waals surface area contributed by atoms with E-state index in [9.17, 15) is 9.59 Å². The summed E-state index contributed by atoms with van der Waals surface area (Å²) in [7, 11) is 1.62. The summed E-state index contributed by atoms with van der Waals surface area (Å²) in [4.78, 5) is 28.9. The standard InChI is InChI=1S/C21H24N2O3/c1-3-23(18-10-5-4-6-11-18)21(25)17-13-20(24)22(15-17)14-16-9-7-8-12-19(16)26-2/h4-12,17H,3,13-15H2,1-2H3. The zero-order valence-corrected chi connectivity index (χ0v) is 15.2. The fourth-order valence-corrected chi connectivity index (χ4v) is 3.42. The average molecular weight is 352 g/mol. The van der Waals surface area contributed by atoms with Crippen LogP contribution in [0.25, 0.3) is 0 Å². The Labute approximate surface area is 154 Å². The van der Waals surface area contributed by atoms with Gasteiger partial charge in [-0.05, 0) is 25.1 Å². The predicted octanol–water partition coefficient (Wildman–Crippen LogP) is 3.10. The summed E-state index contributed by atoms with van der Waals surface area (Å²) in [6.45, 7) is 3.44. The minimum atomic E-state index is -0.308. The molecule has 1 saturated heterocycles. The molecule has 1 unspecified atom stereocenters. The van der Waals surface area contributed by atoms with Crippen LogP contribution in [-0.4, -0.2) is 36.9 Å². The number of likely N-dealkylation sites (tertiary alicyclic amines) is 1. The van der Waals surface area contributed by atoms with E-state index >= 15 is 0 Å². The molecule has 1 aliphatic heterocycles. The number of nitrogens with zero attached hydrogens (tertiary/aromatic N) is 2. The second kappa shape index (κ2) is 8.04. The largest absolute Gasteiger partial charge is 0.496 e. The van der Waals surface area contributed by atoms with Gasteiger partial charge in [-0.1, -0.05) is 36.4 Å². The van der Waals surface area contributed by atoms with Crippen molar-refractivity contribution in [3.63, 3.8) is 0 Å². The number of carbonyl (C=O) groups is 2. The molecule has 2 aromatic carbocycles. The lowest BCUT2D eigenvalue weighted by Crippen LogP contribution is -2.37. The molecule has 26 heavy (non-hydrogen) atoms. The molecule has 0 aliphatic carbocycles. The molecule has 1 atom stereocenters. The Bertz CT molecular complexity index is 776. The van der Waals surface area contributed by atoms with Crippen molar-refractivity contribution in [3.8, 4) is 5.75 Å². The zero-order chi connectivity index (χ0) is 18.5. The van der Waals surface area contributed by atoms with E-state index in [2.05, 4.69) is 0 Å². The van der Waals surface area contributed by atoms with Gasteiger partial charge in [0.25, 0.3) is 0 Å². The lowest BCUT2D eigenvalue weighted by Gasteiger charge is -2.24. The number of rotatable bonds is 6. The fourth-order valence-electron chi connectivity index (χ4n) is 3.42. The number of carbonyl (C=O) groups excluding carboxylic acids is 2. The number of benzene rings is 2. The van der Waals surface area contributed by atoms with Gasteiger partial charge in [-0.3, -0.25) is 9.59 Å². The van der Waals surface area contributed by atoms with Crippen molar-refractivity contribution < 1.29 is 14.3 Å². The molecule has 1 aliphatic rings. The Hall–Kier alpha value is -2.82. The van der Waals surface area contributed by atoms with Gasteiger partial charge in [0.1, 0.15) is 5.75 Å². The highest BCUT2D eigenvalue weighted by molar-refractivity contribution is 5.99. The Morgan fingerprint density at radius 2 is 1.85 bits per heavy atom. The van der Waals surface area contributed by atoms with Crippen molar-refractivity contribution in [3.05, 3.63) is 60.2 Å². The van der Waals surface area contributed by atoms with Crippen molar-refractivity contribution in [2.75, 3.05) is 25.1 Å². The molecule has 0 N–H and O–H groups in total. The number of methoxy groups -OCH3 is 1. The van der Waals surface area contributed by atoms with Gasteiger partial charge in [-0.25, -0.2) is 0 Å². The molecule has 1 heterocycles. The van der Waals surface area contributed by atoms with Crippen molar-refractivity contribution >= 4 is 17.5 Å². The molecule has 0 spiro atoms. The highest BCUT2D eigenvalue weighted by atomic mass is 16.5. The summed E-state index contributed by atoms with van der Waals surface area (Å²) >= 11 is 0. The van der Waals surface area contributed by atoms with Crippen LogP contribution in [0, 0.1) is 5.92 Å². The van der Waals surface area contributed by atoms with E-state index in [0.717, 1.165) is 17.0 Å². The van der Waals surface area contributed by atoms with E-state index in [0.29, 0.717) is 19.6 Å². The van der Waals surface area contributed by atoms with Crippen LogP contribution in [0.3, 0.4) is 0 Å². The first kappa shape index (κ1) is 18.0. The Morgan fingerprint density at radius 3 is 2.54 bits per heavy atom. The zero-order valence-electron chi connectivity index (χ0n) is 15.2. The molecule has 2 aromatic rings. The quantitative estimate of drug-likeness (QED) is 0.803. The van der Waals surface area contributed by atoms with Gasteiger partial charge in [0.2, 0.25) is 11.8 Å². The second-order valence-electron chi connectivity index (χ2n) is 6.41. The third kappa shape index (κ3) is 3.72. The first-order valence-electron chi connectivity index (χ1n) is 8.90. The topological polar surface area (TPSA) is 49.9 Å². The molecular weight excluding hydrogens is 328 g/mol. The summed E-state index contributed by atoms with van der Waals surface area (Å²) < 4.78 is 5.37.